The summed E-state index contributed by atoms with van der Waals surface area (Å²) >= 11 is 0. The SMILES string of the molecule is C/C=C/CCNC(C)c1occc1C. The van der Waals surface area contributed by atoms with E-state index in [4.69, 9.17) is 4.42 Å². The third-order valence-electron chi connectivity index (χ3n) is 2.29. The second-order valence-electron chi connectivity index (χ2n) is 3.50. The van der Waals surface area contributed by atoms with Crippen molar-refractivity contribution in [2.75, 3.05) is 6.54 Å². The van der Waals surface area contributed by atoms with Gasteiger partial charge in [-0.3, -0.25) is 0 Å². The monoisotopic (exact) mass is 193 g/mol. The van der Waals surface area contributed by atoms with Crippen molar-refractivity contribution in [3.05, 3.63) is 35.8 Å². The predicted molar refractivity (Wildman–Crippen MR) is 59.3 cm³/mol. The summed E-state index contributed by atoms with van der Waals surface area (Å²) in [6.45, 7) is 7.23. The number of hydrogen-bond donors (Lipinski definition) is 1. The lowest BCUT2D eigenvalue weighted by Gasteiger charge is -2.11. The van der Waals surface area contributed by atoms with E-state index < -0.39 is 0 Å². The zero-order valence-corrected chi connectivity index (χ0v) is 9.21. The van der Waals surface area contributed by atoms with E-state index in [0.717, 1.165) is 18.7 Å². The molecule has 0 saturated carbocycles. The van der Waals surface area contributed by atoms with Gasteiger partial charge in [-0.2, -0.15) is 0 Å². The molecule has 1 N–H and O–H groups in total. The summed E-state index contributed by atoms with van der Waals surface area (Å²) in [6, 6.07) is 2.30. The van der Waals surface area contributed by atoms with Crippen LogP contribution >= 0.6 is 0 Å². The number of aryl methyl sites for hydroxylation is 1. The second-order valence-corrected chi connectivity index (χ2v) is 3.50. The predicted octanol–water partition coefficient (Wildman–Crippen LogP) is 3.20. The Morgan fingerprint density at radius 2 is 2.36 bits per heavy atom. The van der Waals surface area contributed by atoms with Gasteiger partial charge in [0.25, 0.3) is 0 Å². The van der Waals surface area contributed by atoms with E-state index in [0.29, 0.717) is 6.04 Å². The van der Waals surface area contributed by atoms with Crippen LogP contribution in [0.3, 0.4) is 0 Å². The van der Waals surface area contributed by atoms with Gasteiger partial charge in [-0.05, 0) is 45.4 Å². The van der Waals surface area contributed by atoms with Crippen molar-refractivity contribution >= 4 is 0 Å². The van der Waals surface area contributed by atoms with Crippen LogP contribution < -0.4 is 5.32 Å². The maximum Gasteiger partial charge on any atom is 0.123 e. The molecule has 0 aliphatic heterocycles. The Balaban J connectivity index is 2.35. The number of hydrogen-bond acceptors (Lipinski definition) is 2. The Morgan fingerprint density at radius 1 is 1.57 bits per heavy atom. The first-order valence-electron chi connectivity index (χ1n) is 5.14. The van der Waals surface area contributed by atoms with Gasteiger partial charge in [-0.1, -0.05) is 12.2 Å². The molecule has 0 spiro atoms. The third-order valence-corrected chi connectivity index (χ3v) is 2.29. The van der Waals surface area contributed by atoms with Crippen molar-refractivity contribution in [3.63, 3.8) is 0 Å². The Kier molecular flexibility index (Phi) is 4.47. The topological polar surface area (TPSA) is 25.2 Å². The van der Waals surface area contributed by atoms with Crippen molar-refractivity contribution in [1.29, 1.82) is 0 Å². The molecule has 0 aliphatic carbocycles. The van der Waals surface area contributed by atoms with Crippen molar-refractivity contribution < 1.29 is 4.42 Å². The first-order valence-corrected chi connectivity index (χ1v) is 5.14. The minimum absolute atomic E-state index is 0.301. The highest BCUT2D eigenvalue weighted by Gasteiger charge is 2.09. The van der Waals surface area contributed by atoms with Gasteiger partial charge >= 0.3 is 0 Å². The van der Waals surface area contributed by atoms with E-state index in [9.17, 15) is 0 Å². The summed E-state index contributed by atoms with van der Waals surface area (Å²) < 4.78 is 5.40. The molecule has 0 bridgehead atoms. The standard InChI is InChI=1S/C12H19NO/c1-4-5-6-8-13-11(3)12-10(2)7-9-14-12/h4-5,7,9,11,13H,6,8H2,1-3H3/b5-4+. The number of nitrogens with one attached hydrogen (secondary N) is 1. The van der Waals surface area contributed by atoms with Gasteiger partial charge < -0.3 is 9.73 Å². The lowest BCUT2D eigenvalue weighted by molar-refractivity contribution is 0.431. The zero-order valence-electron chi connectivity index (χ0n) is 9.21. The van der Waals surface area contributed by atoms with Crippen LogP contribution in [0.5, 0.6) is 0 Å². The molecule has 78 valence electrons. The lowest BCUT2D eigenvalue weighted by Crippen LogP contribution is -2.19. The molecule has 2 heteroatoms. The maximum atomic E-state index is 5.40. The molecule has 1 rings (SSSR count). The highest BCUT2D eigenvalue weighted by atomic mass is 16.3. The largest absolute Gasteiger partial charge is 0.467 e. The molecule has 1 aromatic rings. The van der Waals surface area contributed by atoms with Crippen LogP contribution in [-0.2, 0) is 0 Å². The van der Waals surface area contributed by atoms with Gasteiger partial charge in [-0.15, -0.1) is 0 Å². The third kappa shape index (κ3) is 3.04. The molecule has 1 heterocycles. The molecule has 0 aliphatic rings. The van der Waals surface area contributed by atoms with Crippen LogP contribution in [0.1, 0.15) is 37.6 Å². The van der Waals surface area contributed by atoms with Crippen LogP contribution in [0.15, 0.2) is 28.9 Å². The molecule has 1 aromatic heterocycles. The van der Waals surface area contributed by atoms with Crippen LogP contribution in [0.4, 0.5) is 0 Å². The molecular weight excluding hydrogens is 174 g/mol. The van der Waals surface area contributed by atoms with Gasteiger partial charge in [0.15, 0.2) is 0 Å². The summed E-state index contributed by atoms with van der Waals surface area (Å²) in [5, 5.41) is 3.42. The number of furan rings is 1. The quantitative estimate of drug-likeness (QED) is 0.574. The zero-order chi connectivity index (χ0) is 10.4. The molecular formula is C12H19NO. The Morgan fingerprint density at radius 3 is 2.93 bits per heavy atom. The van der Waals surface area contributed by atoms with E-state index in [-0.39, 0.29) is 0 Å². The molecule has 0 amide bonds. The molecule has 0 saturated heterocycles. The summed E-state index contributed by atoms with van der Waals surface area (Å²) in [7, 11) is 0. The first-order chi connectivity index (χ1) is 6.75. The highest BCUT2D eigenvalue weighted by Crippen LogP contribution is 2.17. The molecule has 2 nitrogen and oxygen atoms in total. The number of allylic oxidation sites excluding steroid dienone is 1. The average Bonchev–Trinajstić information content (AvgIpc) is 2.59. The summed E-state index contributed by atoms with van der Waals surface area (Å²) in [4.78, 5) is 0. The Bertz CT molecular complexity index is 288. The molecule has 0 radical (unpaired) electrons. The Labute approximate surface area is 86.0 Å². The van der Waals surface area contributed by atoms with Crippen molar-refractivity contribution in [3.8, 4) is 0 Å². The van der Waals surface area contributed by atoms with E-state index >= 15 is 0 Å². The minimum atomic E-state index is 0.301. The van der Waals surface area contributed by atoms with Gasteiger partial charge in [0.1, 0.15) is 5.76 Å². The van der Waals surface area contributed by atoms with E-state index in [2.05, 4.69) is 31.3 Å². The smallest absolute Gasteiger partial charge is 0.123 e. The minimum Gasteiger partial charge on any atom is -0.467 e. The fourth-order valence-corrected chi connectivity index (χ4v) is 1.47. The molecule has 14 heavy (non-hydrogen) atoms. The average molecular weight is 193 g/mol. The summed E-state index contributed by atoms with van der Waals surface area (Å²) in [5.74, 6) is 1.05. The van der Waals surface area contributed by atoms with Crippen molar-refractivity contribution in [2.45, 2.75) is 33.2 Å². The van der Waals surface area contributed by atoms with Gasteiger partial charge in [0.05, 0.1) is 12.3 Å². The fraction of sp³-hybridized carbons (Fsp3) is 0.500. The van der Waals surface area contributed by atoms with Crippen molar-refractivity contribution in [1.82, 2.24) is 5.32 Å². The summed E-state index contributed by atoms with van der Waals surface area (Å²) in [5.41, 5.74) is 1.22. The molecule has 1 unspecified atom stereocenters. The first kappa shape index (κ1) is 11.1. The highest BCUT2D eigenvalue weighted by molar-refractivity contribution is 5.17. The van der Waals surface area contributed by atoms with Crippen LogP contribution in [0, 0.1) is 6.92 Å². The Hall–Kier alpha value is -1.02. The lowest BCUT2D eigenvalue weighted by atomic mass is 10.2. The van der Waals surface area contributed by atoms with Crippen molar-refractivity contribution in [2.24, 2.45) is 0 Å². The second kappa shape index (κ2) is 5.66. The van der Waals surface area contributed by atoms with Crippen LogP contribution in [0.2, 0.25) is 0 Å². The van der Waals surface area contributed by atoms with Crippen LogP contribution in [0.25, 0.3) is 0 Å². The molecule has 0 aromatic carbocycles. The molecule has 1 atom stereocenters. The molecule has 0 fully saturated rings. The number of rotatable bonds is 5. The normalized spacial score (nSPS) is 13.6. The van der Waals surface area contributed by atoms with E-state index in [1.165, 1.54) is 5.56 Å². The van der Waals surface area contributed by atoms with Gasteiger partial charge in [0, 0.05) is 0 Å². The van der Waals surface area contributed by atoms with Crippen LogP contribution in [-0.4, -0.2) is 6.54 Å². The fourth-order valence-electron chi connectivity index (χ4n) is 1.47. The van der Waals surface area contributed by atoms with Gasteiger partial charge in [-0.25, -0.2) is 0 Å². The van der Waals surface area contributed by atoms with E-state index in [1.54, 1.807) is 6.26 Å². The summed E-state index contributed by atoms with van der Waals surface area (Å²) in [6.07, 6.45) is 7.05. The van der Waals surface area contributed by atoms with E-state index in [1.807, 2.05) is 13.0 Å². The maximum absolute atomic E-state index is 5.40. The van der Waals surface area contributed by atoms with Gasteiger partial charge in [0.2, 0.25) is 0 Å².